The Morgan fingerprint density at radius 1 is 0.676 bits per heavy atom. The first kappa shape index (κ1) is 33.5. The Balaban J connectivity index is 3.59. The largest absolute Gasteiger partial charge is 0.472 e. The predicted molar refractivity (Wildman–Crippen MR) is 139 cm³/mol. The molecule has 0 aromatic carbocycles. The molecule has 0 fully saturated rings. The molecule has 34 heavy (non-hydrogen) atoms. The molecule has 0 bridgehead atoms. The van der Waals surface area contributed by atoms with Crippen molar-refractivity contribution in [2.45, 2.75) is 136 Å². The monoisotopic (exact) mass is 508 g/mol. The molecule has 0 aromatic rings. The highest BCUT2D eigenvalue weighted by atomic mass is 31.2. The first-order valence-electron chi connectivity index (χ1n) is 13.8. The van der Waals surface area contributed by atoms with Gasteiger partial charge in [0.05, 0.1) is 13.2 Å². The van der Waals surface area contributed by atoms with Crippen LogP contribution in [-0.2, 0) is 18.6 Å². The zero-order valence-electron chi connectivity index (χ0n) is 22.0. The number of hydrogen-bond donors (Lipinski definition) is 2. The average molecular weight is 509 g/mol. The second kappa shape index (κ2) is 24.2. The molecule has 0 saturated heterocycles. The quantitative estimate of drug-likeness (QED) is 0.0849. The fraction of sp³-hybridized carbons (Fsp3) is 0.962. The van der Waals surface area contributed by atoms with Gasteiger partial charge >= 0.3 is 13.3 Å². The maximum atomic E-state index is 11.4. The summed E-state index contributed by atoms with van der Waals surface area (Å²) in [4.78, 5) is 20.0. The van der Waals surface area contributed by atoms with E-state index in [1.54, 1.807) is 0 Å². The summed E-state index contributed by atoms with van der Waals surface area (Å²) in [5, 5.41) is 8.70. The summed E-state index contributed by atoms with van der Waals surface area (Å²) in [5.74, 6) is 0. The SMILES string of the molecule is CCCCCCCCCCCCCCCCCCOC[C@@H](COP(=O)(O)C(=O)O)OCCCC. The molecule has 0 aliphatic heterocycles. The third-order valence-corrected chi connectivity index (χ3v) is 6.96. The molecule has 1 unspecified atom stereocenters. The van der Waals surface area contributed by atoms with E-state index in [2.05, 4.69) is 11.4 Å². The van der Waals surface area contributed by atoms with Crippen molar-refractivity contribution in [3.63, 3.8) is 0 Å². The molecule has 0 aliphatic carbocycles. The van der Waals surface area contributed by atoms with Crippen LogP contribution in [0, 0.1) is 0 Å². The van der Waals surface area contributed by atoms with Crippen LogP contribution in [-0.4, -0.2) is 48.2 Å². The van der Waals surface area contributed by atoms with Crippen molar-refractivity contribution < 1.29 is 33.4 Å². The van der Waals surface area contributed by atoms with Crippen molar-refractivity contribution in [2.24, 2.45) is 0 Å². The van der Waals surface area contributed by atoms with E-state index in [0.717, 1.165) is 25.7 Å². The van der Waals surface area contributed by atoms with Crippen LogP contribution >= 0.6 is 7.60 Å². The van der Waals surface area contributed by atoms with Gasteiger partial charge in [-0.05, 0) is 12.8 Å². The molecule has 0 saturated carbocycles. The second-order valence-electron chi connectivity index (χ2n) is 9.32. The standard InChI is InChI=1S/C26H53O7P/c1-3-5-7-8-9-10-11-12-13-14-15-16-17-18-19-20-21-31-23-25(32-22-6-4-2)24-33-34(29,30)26(27)28/h25H,3-24H2,1-2H3,(H,27,28)(H,29,30)/t25-/m0/s1. The third-order valence-electron chi connectivity index (χ3n) is 5.97. The average Bonchev–Trinajstić information content (AvgIpc) is 2.81. The highest BCUT2D eigenvalue weighted by Gasteiger charge is 2.31. The van der Waals surface area contributed by atoms with E-state index in [-0.39, 0.29) is 13.2 Å². The fourth-order valence-corrected chi connectivity index (χ4v) is 4.22. The minimum absolute atomic E-state index is 0.224. The summed E-state index contributed by atoms with van der Waals surface area (Å²) >= 11 is 0. The molecule has 0 amide bonds. The molecular weight excluding hydrogens is 455 g/mol. The fourth-order valence-electron chi connectivity index (χ4n) is 3.75. The number of hydrogen-bond acceptors (Lipinski definition) is 5. The zero-order chi connectivity index (χ0) is 25.3. The maximum Gasteiger partial charge on any atom is 0.435 e. The third kappa shape index (κ3) is 22.0. The van der Waals surface area contributed by atoms with E-state index in [9.17, 15) is 14.3 Å². The summed E-state index contributed by atoms with van der Waals surface area (Å²) in [6, 6.07) is 0. The molecule has 8 heteroatoms. The molecule has 0 aliphatic rings. The normalized spacial score (nSPS) is 14.2. The van der Waals surface area contributed by atoms with E-state index >= 15 is 0 Å². The van der Waals surface area contributed by atoms with E-state index < -0.39 is 19.4 Å². The molecule has 0 spiro atoms. The van der Waals surface area contributed by atoms with Crippen LogP contribution in [0.4, 0.5) is 4.79 Å². The van der Waals surface area contributed by atoms with Crippen LogP contribution < -0.4 is 0 Å². The van der Waals surface area contributed by atoms with E-state index in [0.29, 0.717) is 13.2 Å². The van der Waals surface area contributed by atoms with Gasteiger partial charge in [-0.2, -0.15) is 0 Å². The topological polar surface area (TPSA) is 102 Å². The Labute approximate surface area is 208 Å². The Kier molecular flexibility index (Phi) is 23.9. The maximum absolute atomic E-state index is 11.4. The molecule has 0 heterocycles. The van der Waals surface area contributed by atoms with Gasteiger partial charge in [-0.1, -0.05) is 117 Å². The lowest BCUT2D eigenvalue weighted by Gasteiger charge is -2.19. The lowest BCUT2D eigenvalue weighted by molar-refractivity contribution is -0.0398. The van der Waals surface area contributed by atoms with Crippen molar-refractivity contribution in [1.29, 1.82) is 0 Å². The Hall–Kier alpha value is -0.460. The van der Waals surface area contributed by atoms with E-state index in [1.165, 1.54) is 89.9 Å². The molecule has 0 rings (SSSR count). The molecule has 7 nitrogen and oxygen atoms in total. The molecule has 2 N–H and O–H groups in total. The van der Waals surface area contributed by atoms with Gasteiger partial charge in [0.1, 0.15) is 6.10 Å². The van der Waals surface area contributed by atoms with Crippen molar-refractivity contribution >= 4 is 13.3 Å². The molecule has 2 atom stereocenters. The number of carbonyl (C=O) groups is 1. The highest BCUT2D eigenvalue weighted by molar-refractivity contribution is 7.70. The number of rotatable bonds is 27. The molecule has 204 valence electrons. The van der Waals surface area contributed by atoms with Crippen LogP contribution in [0.25, 0.3) is 0 Å². The minimum Gasteiger partial charge on any atom is -0.472 e. The first-order valence-corrected chi connectivity index (χ1v) is 15.4. The lowest BCUT2D eigenvalue weighted by Crippen LogP contribution is -2.26. The second-order valence-corrected chi connectivity index (χ2v) is 11.0. The van der Waals surface area contributed by atoms with Gasteiger partial charge in [0.2, 0.25) is 0 Å². The van der Waals surface area contributed by atoms with Gasteiger partial charge in [0.15, 0.2) is 0 Å². The molecule has 0 radical (unpaired) electrons. The molecular formula is C26H53O7P. The van der Waals surface area contributed by atoms with Crippen LogP contribution in [0.3, 0.4) is 0 Å². The Bertz CT molecular complexity index is 502. The van der Waals surface area contributed by atoms with Gasteiger partial charge < -0.3 is 19.5 Å². The number of carboxylic acid groups (broad SMARTS) is 1. The van der Waals surface area contributed by atoms with Gasteiger partial charge in [-0.15, -0.1) is 0 Å². The van der Waals surface area contributed by atoms with Crippen molar-refractivity contribution in [2.75, 3.05) is 26.4 Å². The van der Waals surface area contributed by atoms with Crippen molar-refractivity contribution in [3.8, 4) is 0 Å². The predicted octanol–water partition coefficient (Wildman–Crippen LogP) is 8.33. The number of unbranched alkanes of at least 4 members (excludes halogenated alkanes) is 16. The van der Waals surface area contributed by atoms with Crippen molar-refractivity contribution in [1.82, 2.24) is 0 Å². The van der Waals surface area contributed by atoms with E-state index in [4.69, 9.17) is 14.6 Å². The summed E-state index contributed by atoms with van der Waals surface area (Å²) < 4.78 is 27.4. The van der Waals surface area contributed by atoms with Crippen LogP contribution in [0.2, 0.25) is 0 Å². The van der Waals surface area contributed by atoms with Gasteiger partial charge in [0, 0.05) is 13.2 Å². The minimum atomic E-state index is -4.65. The van der Waals surface area contributed by atoms with Gasteiger partial charge in [0.25, 0.3) is 0 Å². The van der Waals surface area contributed by atoms with E-state index in [1.807, 2.05) is 6.92 Å². The Morgan fingerprint density at radius 3 is 1.56 bits per heavy atom. The summed E-state index contributed by atoms with van der Waals surface area (Å²) in [5.41, 5.74) is -1.85. The smallest absolute Gasteiger partial charge is 0.435 e. The van der Waals surface area contributed by atoms with Crippen LogP contribution in [0.15, 0.2) is 0 Å². The van der Waals surface area contributed by atoms with Crippen LogP contribution in [0.1, 0.15) is 129 Å². The lowest BCUT2D eigenvalue weighted by atomic mass is 10.0. The van der Waals surface area contributed by atoms with Gasteiger partial charge in [-0.25, -0.2) is 9.36 Å². The highest BCUT2D eigenvalue weighted by Crippen LogP contribution is 2.42. The zero-order valence-corrected chi connectivity index (χ0v) is 22.9. The molecule has 0 aromatic heterocycles. The summed E-state index contributed by atoms with van der Waals surface area (Å²) in [7, 11) is -4.65. The first-order chi connectivity index (χ1) is 16.4. The Morgan fingerprint density at radius 2 is 1.12 bits per heavy atom. The van der Waals surface area contributed by atoms with Crippen molar-refractivity contribution in [3.05, 3.63) is 0 Å². The summed E-state index contributed by atoms with van der Waals surface area (Å²) in [6.07, 6.45) is 22.4. The summed E-state index contributed by atoms with van der Waals surface area (Å²) in [6.45, 7) is 5.33. The number of ether oxygens (including phenoxy) is 2. The van der Waals surface area contributed by atoms with Crippen LogP contribution in [0.5, 0.6) is 0 Å². The van der Waals surface area contributed by atoms with Gasteiger partial charge in [-0.3, -0.25) is 4.52 Å².